The minimum absolute atomic E-state index is 0.0531. The molecule has 1 heterocycles. The van der Waals surface area contributed by atoms with Gasteiger partial charge in [-0.1, -0.05) is 35.6 Å². The van der Waals surface area contributed by atoms with Crippen LogP contribution in [-0.4, -0.2) is 34.4 Å². The Morgan fingerprint density at radius 3 is 2.75 bits per heavy atom. The Balaban J connectivity index is 2.16. The predicted molar refractivity (Wildman–Crippen MR) is 78.4 cm³/mol. The summed E-state index contributed by atoms with van der Waals surface area (Å²) in [6, 6.07) is 7.37. The molecule has 20 heavy (non-hydrogen) atoms. The lowest BCUT2D eigenvalue weighted by Gasteiger charge is -2.21. The fourth-order valence-electron chi connectivity index (χ4n) is 1.84. The van der Waals surface area contributed by atoms with E-state index in [1.807, 2.05) is 12.1 Å². The summed E-state index contributed by atoms with van der Waals surface area (Å²) in [5.41, 5.74) is 1.80. The zero-order chi connectivity index (χ0) is 14.5. The molecule has 0 aromatic heterocycles. The summed E-state index contributed by atoms with van der Waals surface area (Å²) in [5, 5.41) is 15.4. The van der Waals surface area contributed by atoms with Gasteiger partial charge in [-0.25, -0.2) is 5.01 Å². The van der Waals surface area contributed by atoms with Crippen molar-refractivity contribution in [3.63, 3.8) is 0 Å². The number of hydrogen-bond donors (Lipinski definition) is 1. The van der Waals surface area contributed by atoms with Gasteiger partial charge in [-0.3, -0.25) is 4.79 Å². The molecule has 1 aliphatic rings. The number of carbonyl (C=O) groups is 1. The number of hydrogen-bond acceptors (Lipinski definition) is 3. The third-order valence-electron chi connectivity index (χ3n) is 2.82. The van der Waals surface area contributed by atoms with Gasteiger partial charge in [-0.05, 0) is 24.6 Å². The molecule has 0 spiro atoms. The molecular formula is C15H15ClN2O2. The van der Waals surface area contributed by atoms with Crippen LogP contribution in [0.2, 0.25) is 5.02 Å². The van der Waals surface area contributed by atoms with Crippen molar-refractivity contribution in [1.82, 2.24) is 5.01 Å². The van der Waals surface area contributed by atoms with Crippen LogP contribution in [0.15, 0.2) is 29.4 Å². The number of hydrazone groups is 1. The highest BCUT2D eigenvalue weighted by Gasteiger charge is 2.20. The van der Waals surface area contributed by atoms with E-state index in [0.717, 1.165) is 11.3 Å². The number of aliphatic hydroxyl groups excluding tert-OH is 1. The topological polar surface area (TPSA) is 52.9 Å². The Bertz CT molecular complexity index is 582. The van der Waals surface area contributed by atoms with Crippen LogP contribution in [0.5, 0.6) is 0 Å². The van der Waals surface area contributed by atoms with Crippen molar-refractivity contribution >= 4 is 23.2 Å². The van der Waals surface area contributed by atoms with Crippen molar-refractivity contribution < 1.29 is 9.90 Å². The molecule has 0 radical (unpaired) electrons. The first kappa shape index (κ1) is 14.6. The molecule has 104 valence electrons. The highest BCUT2D eigenvalue weighted by Crippen LogP contribution is 2.17. The van der Waals surface area contributed by atoms with Gasteiger partial charge in [0.05, 0.1) is 5.71 Å². The molecule has 0 saturated carbocycles. The third-order valence-corrected chi connectivity index (χ3v) is 3.07. The summed E-state index contributed by atoms with van der Waals surface area (Å²) in [6.07, 6.45) is 0.327. The van der Waals surface area contributed by atoms with Crippen molar-refractivity contribution in [2.75, 3.05) is 6.54 Å². The highest BCUT2D eigenvalue weighted by atomic mass is 35.5. The average Bonchev–Trinajstić information content (AvgIpc) is 2.41. The number of amides is 1. The second kappa shape index (κ2) is 6.56. The van der Waals surface area contributed by atoms with Gasteiger partial charge in [0.25, 0.3) is 0 Å². The molecule has 5 heteroatoms. The van der Waals surface area contributed by atoms with Crippen LogP contribution in [-0.2, 0) is 4.79 Å². The van der Waals surface area contributed by atoms with Crippen LogP contribution >= 0.6 is 11.6 Å². The molecule has 0 bridgehead atoms. The maximum Gasteiger partial charge on any atom is 0.243 e. The SMILES string of the molecule is CC(O)C#CCN1N=C(c2ccc(Cl)cc2)CCC1=O. The van der Waals surface area contributed by atoms with Gasteiger partial charge in [-0.15, -0.1) is 0 Å². The highest BCUT2D eigenvalue weighted by molar-refractivity contribution is 6.30. The van der Waals surface area contributed by atoms with Crippen molar-refractivity contribution in [2.45, 2.75) is 25.9 Å². The van der Waals surface area contributed by atoms with Gasteiger partial charge in [0.15, 0.2) is 0 Å². The monoisotopic (exact) mass is 290 g/mol. The molecule has 0 saturated heterocycles. The molecule has 0 fully saturated rings. The fraction of sp³-hybridized carbons (Fsp3) is 0.333. The first-order chi connectivity index (χ1) is 9.56. The van der Waals surface area contributed by atoms with Gasteiger partial charge >= 0.3 is 0 Å². The van der Waals surface area contributed by atoms with Crippen LogP contribution in [0.25, 0.3) is 0 Å². The summed E-state index contributed by atoms with van der Waals surface area (Å²) in [6.45, 7) is 1.77. The minimum atomic E-state index is -0.699. The van der Waals surface area contributed by atoms with Crippen LogP contribution in [0.4, 0.5) is 0 Å². The number of aliphatic hydroxyl groups is 1. The van der Waals surface area contributed by atoms with E-state index in [1.165, 1.54) is 5.01 Å². The third kappa shape index (κ3) is 3.83. The van der Waals surface area contributed by atoms with Crippen molar-refractivity contribution in [1.29, 1.82) is 0 Å². The van der Waals surface area contributed by atoms with Crippen LogP contribution in [0.1, 0.15) is 25.3 Å². The Morgan fingerprint density at radius 1 is 1.40 bits per heavy atom. The van der Waals surface area contributed by atoms with Gasteiger partial charge in [0.2, 0.25) is 5.91 Å². The molecule has 4 nitrogen and oxygen atoms in total. The van der Waals surface area contributed by atoms with Crippen molar-refractivity contribution in [3.05, 3.63) is 34.9 Å². The fourth-order valence-corrected chi connectivity index (χ4v) is 1.97. The lowest BCUT2D eigenvalue weighted by molar-refractivity contribution is -0.131. The molecule has 0 aliphatic carbocycles. The maximum absolute atomic E-state index is 11.8. The number of benzene rings is 1. The number of rotatable bonds is 2. The summed E-state index contributed by atoms with van der Waals surface area (Å²) >= 11 is 5.85. The predicted octanol–water partition coefficient (Wildman–Crippen LogP) is 2.05. The Kier molecular flexibility index (Phi) is 4.78. The van der Waals surface area contributed by atoms with E-state index in [4.69, 9.17) is 16.7 Å². The van der Waals surface area contributed by atoms with Gasteiger partial charge in [0, 0.05) is 17.9 Å². The smallest absolute Gasteiger partial charge is 0.243 e. The lowest BCUT2D eigenvalue weighted by atomic mass is 10.0. The van der Waals surface area contributed by atoms with Gasteiger partial charge < -0.3 is 5.11 Å². The summed E-state index contributed by atoms with van der Waals surface area (Å²) in [5.74, 6) is 5.29. The normalized spacial score (nSPS) is 16.2. The number of halogens is 1. The Labute approximate surface area is 123 Å². The summed E-state index contributed by atoms with van der Waals surface area (Å²) in [7, 11) is 0. The molecule has 1 unspecified atom stereocenters. The molecular weight excluding hydrogens is 276 g/mol. The Morgan fingerprint density at radius 2 is 2.10 bits per heavy atom. The molecule has 1 aromatic rings. The largest absolute Gasteiger partial charge is 0.381 e. The quantitative estimate of drug-likeness (QED) is 0.848. The maximum atomic E-state index is 11.8. The average molecular weight is 291 g/mol. The second-order valence-electron chi connectivity index (χ2n) is 4.50. The van der Waals surface area contributed by atoms with Gasteiger partial charge in [0.1, 0.15) is 12.6 Å². The summed E-state index contributed by atoms with van der Waals surface area (Å²) < 4.78 is 0. The first-order valence-electron chi connectivity index (χ1n) is 6.36. The van der Waals surface area contributed by atoms with Crippen molar-refractivity contribution in [3.8, 4) is 11.8 Å². The van der Waals surface area contributed by atoms with Crippen LogP contribution < -0.4 is 0 Å². The van der Waals surface area contributed by atoms with Crippen LogP contribution in [0.3, 0.4) is 0 Å². The molecule has 1 N–H and O–H groups in total. The summed E-state index contributed by atoms with van der Waals surface area (Å²) in [4.78, 5) is 11.8. The number of carbonyl (C=O) groups excluding carboxylic acids is 1. The second-order valence-corrected chi connectivity index (χ2v) is 4.94. The molecule has 1 aliphatic heterocycles. The molecule has 1 atom stereocenters. The molecule has 2 rings (SSSR count). The molecule has 1 aromatic carbocycles. The molecule has 1 amide bonds. The first-order valence-corrected chi connectivity index (χ1v) is 6.74. The zero-order valence-electron chi connectivity index (χ0n) is 11.1. The number of nitrogens with zero attached hydrogens (tertiary/aromatic N) is 2. The van der Waals surface area contributed by atoms with E-state index >= 15 is 0 Å². The van der Waals surface area contributed by atoms with E-state index in [1.54, 1.807) is 19.1 Å². The van der Waals surface area contributed by atoms with E-state index in [2.05, 4.69) is 16.9 Å². The van der Waals surface area contributed by atoms with Crippen molar-refractivity contribution in [2.24, 2.45) is 5.10 Å². The zero-order valence-corrected chi connectivity index (χ0v) is 11.9. The van der Waals surface area contributed by atoms with E-state index in [0.29, 0.717) is 17.9 Å². The Hall–Kier alpha value is -1.83. The standard InChI is InChI=1S/C15H15ClN2O2/c1-11(19)3-2-10-18-15(20)9-8-14(17-18)12-4-6-13(16)7-5-12/h4-7,11,19H,8-10H2,1H3. The van der Waals surface area contributed by atoms with Crippen LogP contribution in [0, 0.1) is 11.8 Å². The van der Waals surface area contributed by atoms with E-state index < -0.39 is 6.10 Å². The lowest BCUT2D eigenvalue weighted by Crippen LogP contribution is -2.32. The van der Waals surface area contributed by atoms with E-state index in [9.17, 15) is 4.79 Å². The van der Waals surface area contributed by atoms with E-state index in [-0.39, 0.29) is 12.5 Å². The minimum Gasteiger partial charge on any atom is -0.381 e. The van der Waals surface area contributed by atoms with Gasteiger partial charge in [-0.2, -0.15) is 5.10 Å².